The van der Waals surface area contributed by atoms with Crippen molar-refractivity contribution in [1.82, 2.24) is 0 Å². The first-order valence-electron chi connectivity index (χ1n) is 5.65. The van der Waals surface area contributed by atoms with Gasteiger partial charge in [-0.3, -0.25) is 15.5 Å². The van der Waals surface area contributed by atoms with E-state index in [1.54, 1.807) is 0 Å². The molecular formula is C12H16ClN3O3. The molecule has 1 aromatic carbocycles. The van der Waals surface area contributed by atoms with E-state index in [0.717, 1.165) is 0 Å². The summed E-state index contributed by atoms with van der Waals surface area (Å²) in [6, 6.07) is 4.23. The number of hydrogen-bond acceptors (Lipinski definition) is 4. The van der Waals surface area contributed by atoms with Crippen LogP contribution in [0.1, 0.15) is 20.3 Å². The van der Waals surface area contributed by atoms with Crippen LogP contribution in [0.2, 0.25) is 5.02 Å². The highest BCUT2D eigenvalue weighted by Gasteiger charge is 2.22. The lowest BCUT2D eigenvalue weighted by atomic mass is 9.88. The van der Waals surface area contributed by atoms with Crippen molar-refractivity contribution in [2.24, 2.45) is 11.1 Å². The Bertz CT molecular complexity index is 503. The Morgan fingerprint density at radius 2 is 2.21 bits per heavy atom. The van der Waals surface area contributed by atoms with Crippen molar-refractivity contribution in [2.75, 3.05) is 6.61 Å². The lowest BCUT2D eigenvalue weighted by molar-refractivity contribution is -0.385. The van der Waals surface area contributed by atoms with Crippen molar-refractivity contribution in [3.8, 4) is 5.75 Å². The molecule has 0 radical (unpaired) electrons. The third-order valence-corrected chi connectivity index (χ3v) is 3.07. The summed E-state index contributed by atoms with van der Waals surface area (Å²) in [5, 5.41) is 18.6. The molecule has 0 saturated carbocycles. The van der Waals surface area contributed by atoms with E-state index >= 15 is 0 Å². The van der Waals surface area contributed by atoms with Gasteiger partial charge in [-0.25, -0.2) is 0 Å². The highest BCUT2D eigenvalue weighted by molar-refractivity contribution is 6.30. The lowest BCUT2D eigenvalue weighted by Gasteiger charge is -2.22. The number of nitro groups is 1. The van der Waals surface area contributed by atoms with Crippen LogP contribution < -0.4 is 10.5 Å². The first kappa shape index (κ1) is 15.2. The minimum atomic E-state index is -0.544. The quantitative estimate of drug-likeness (QED) is 0.363. The number of nitro benzene ring substituents is 1. The number of amidine groups is 1. The lowest BCUT2D eigenvalue weighted by Crippen LogP contribution is -2.32. The molecule has 0 aliphatic heterocycles. The largest absolute Gasteiger partial charge is 0.487 e. The molecule has 6 nitrogen and oxygen atoms in total. The fourth-order valence-corrected chi connectivity index (χ4v) is 1.47. The maximum Gasteiger partial charge on any atom is 0.312 e. The number of nitrogens with one attached hydrogen (secondary N) is 1. The minimum Gasteiger partial charge on any atom is -0.487 e. The normalized spacial score (nSPS) is 11.1. The highest BCUT2D eigenvalue weighted by Crippen LogP contribution is 2.30. The SMILES string of the molecule is CC(C)(CCOc1ccc(Cl)cc1[N+](=O)[O-])C(=N)N. The van der Waals surface area contributed by atoms with E-state index in [-0.39, 0.29) is 28.9 Å². The standard InChI is InChI=1S/C12H16ClN3O3/c1-12(2,11(14)15)5-6-19-10-4-3-8(13)7-9(10)16(17)18/h3-4,7H,5-6H2,1-2H3,(H3,14,15). The Hall–Kier alpha value is -1.82. The van der Waals surface area contributed by atoms with Gasteiger partial charge in [0.2, 0.25) is 0 Å². The predicted molar refractivity (Wildman–Crippen MR) is 73.9 cm³/mol. The first-order valence-corrected chi connectivity index (χ1v) is 6.03. The number of benzene rings is 1. The van der Waals surface area contributed by atoms with Crippen LogP contribution in [0.3, 0.4) is 0 Å². The fourth-order valence-electron chi connectivity index (χ4n) is 1.31. The molecule has 0 aliphatic carbocycles. The monoisotopic (exact) mass is 285 g/mol. The molecule has 0 heterocycles. The van der Waals surface area contributed by atoms with Gasteiger partial charge in [0.25, 0.3) is 0 Å². The molecule has 0 spiro atoms. The number of halogens is 1. The van der Waals surface area contributed by atoms with Gasteiger partial charge in [0.1, 0.15) is 0 Å². The van der Waals surface area contributed by atoms with Crippen LogP contribution >= 0.6 is 11.6 Å². The van der Waals surface area contributed by atoms with Gasteiger partial charge in [-0.2, -0.15) is 0 Å². The summed E-state index contributed by atoms with van der Waals surface area (Å²) >= 11 is 5.70. The molecule has 0 amide bonds. The van der Waals surface area contributed by atoms with E-state index in [1.165, 1.54) is 18.2 Å². The zero-order valence-electron chi connectivity index (χ0n) is 10.8. The second kappa shape index (κ2) is 5.88. The molecular weight excluding hydrogens is 270 g/mol. The smallest absolute Gasteiger partial charge is 0.312 e. The van der Waals surface area contributed by atoms with Gasteiger partial charge in [-0.05, 0) is 18.6 Å². The van der Waals surface area contributed by atoms with Gasteiger partial charge in [-0.1, -0.05) is 25.4 Å². The molecule has 0 bridgehead atoms. The summed E-state index contributed by atoms with van der Waals surface area (Å²) < 4.78 is 5.39. The van der Waals surface area contributed by atoms with Gasteiger partial charge < -0.3 is 10.5 Å². The van der Waals surface area contributed by atoms with E-state index in [1.807, 2.05) is 13.8 Å². The van der Waals surface area contributed by atoms with E-state index in [9.17, 15) is 10.1 Å². The Labute approximate surface area is 116 Å². The van der Waals surface area contributed by atoms with Crippen molar-refractivity contribution in [1.29, 1.82) is 5.41 Å². The molecule has 0 saturated heterocycles. The third kappa shape index (κ3) is 4.10. The maximum atomic E-state index is 10.9. The topological polar surface area (TPSA) is 102 Å². The van der Waals surface area contributed by atoms with Gasteiger partial charge in [0.15, 0.2) is 5.75 Å². The number of hydrogen-bond donors (Lipinski definition) is 2. The summed E-state index contributed by atoms with van der Waals surface area (Å²) in [6.45, 7) is 3.86. The zero-order chi connectivity index (χ0) is 14.6. The van der Waals surface area contributed by atoms with E-state index in [2.05, 4.69) is 0 Å². The molecule has 19 heavy (non-hydrogen) atoms. The predicted octanol–water partition coefficient (Wildman–Crippen LogP) is 2.98. The molecule has 1 aromatic rings. The molecule has 7 heteroatoms. The molecule has 0 unspecified atom stereocenters. The Morgan fingerprint density at radius 1 is 1.58 bits per heavy atom. The van der Waals surface area contributed by atoms with Crippen molar-refractivity contribution < 1.29 is 9.66 Å². The number of ether oxygens (including phenoxy) is 1. The van der Waals surface area contributed by atoms with Crippen LogP contribution in [-0.2, 0) is 0 Å². The average Bonchev–Trinajstić information content (AvgIpc) is 2.30. The minimum absolute atomic E-state index is 0.0571. The van der Waals surface area contributed by atoms with Crippen LogP contribution in [0.25, 0.3) is 0 Å². The van der Waals surface area contributed by atoms with Crippen LogP contribution in [-0.4, -0.2) is 17.4 Å². The number of nitrogens with two attached hydrogens (primary N) is 1. The van der Waals surface area contributed by atoms with Gasteiger partial charge in [0, 0.05) is 16.5 Å². The zero-order valence-corrected chi connectivity index (χ0v) is 11.5. The van der Waals surface area contributed by atoms with Crippen LogP contribution in [0, 0.1) is 20.9 Å². The third-order valence-electron chi connectivity index (χ3n) is 2.83. The van der Waals surface area contributed by atoms with Crippen molar-refractivity contribution in [3.63, 3.8) is 0 Å². The summed E-state index contributed by atoms with van der Waals surface area (Å²) in [4.78, 5) is 10.3. The highest BCUT2D eigenvalue weighted by atomic mass is 35.5. The molecule has 0 atom stereocenters. The van der Waals surface area contributed by atoms with Gasteiger partial charge >= 0.3 is 5.69 Å². The number of nitrogens with zero attached hydrogens (tertiary/aromatic N) is 1. The summed E-state index contributed by atoms with van der Waals surface area (Å²) in [6.07, 6.45) is 0.488. The Balaban J connectivity index is 2.74. The second-order valence-corrected chi connectivity index (χ2v) is 5.20. The van der Waals surface area contributed by atoms with Crippen LogP contribution in [0.15, 0.2) is 18.2 Å². The van der Waals surface area contributed by atoms with Crippen LogP contribution in [0.5, 0.6) is 5.75 Å². The first-order chi connectivity index (χ1) is 8.74. The van der Waals surface area contributed by atoms with Gasteiger partial charge in [-0.15, -0.1) is 0 Å². The molecule has 0 aliphatic rings. The fraction of sp³-hybridized carbons (Fsp3) is 0.417. The summed E-state index contributed by atoms with van der Waals surface area (Å²) in [5.41, 5.74) is 4.78. The van der Waals surface area contributed by atoms with Crippen molar-refractivity contribution in [2.45, 2.75) is 20.3 Å². The molecule has 0 fully saturated rings. The number of rotatable bonds is 6. The van der Waals surface area contributed by atoms with E-state index < -0.39 is 10.3 Å². The van der Waals surface area contributed by atoms with Gasteiger partial charge in [0.05, 0.1) is 17.4 Å². The molecule has 0 aromatic heterocycles. The average molecular weight is 286 g/mol. The van der Waals surface area contributed by atoms with Crippen LogP contribution in [0.4, 0.5) is 5.69 Å². The second-order valence-electron chi connectivity index (χ2n) is 4.77. The summed E-state index contributed by atoms with van der Waals surface area (Å²) in [5.74, 6) is 0.218. The van der Waals surface area contributed by atoms with E-state index in [0.29, 0.717) is 6.42 Å². The maximum absolute atomic E-state index is 10.9. The molecule has 104 valence electrons. The molecule has 1 rings (SSSR count). The Kier molecular flexibility index (Phi) is 4.72. The van der Waals surface area contributed by atoms with Crippen molar-refractivity contribution in [3.05, 3.63) is 33.3 Å². The van der Waals surface area contributed by atoms with Crippen molar-refractivity contribution >= 4 is 23.1 Å². The Morgan fingerprint density at radius 3 is 2.74 bits per heavy atom. The van der Waals surface area contributed by atoms with E-state index in [4.69, 9.17) is 27.5 Å². The molecule has 3 N–H and O–H groups in total. The summed E-state index contributed by atoms with van der Waals surface area (Å²) in [7, 11) is 0.